The van der Waals surface area contributed by atoms with E-state index < -0.39 is 0 Å². The summed E-state index contributed by atoms with van der Waals surface area (Å²) in [6.07, 6.45) is 9.87. The molecular formula is C17H35IN4O2S. The normalized spacial score (nSPS) is 15.4. The quantitative estimate of drug-likeness (QED) is 0.215. The van der Waals surface area contributed by atoms with E-state index in [0.29, 0.717) is 12.1 Å². The van der Waals surface area contributed by atoms with Gasteiger partial charge in [-0.2, -0.15) is 11.8 Å². The van der Waals surface area contributed by atoms with E-state index in [2.05, 4.69) is 21.9 Å². The summed E-state index contributed by atoms with van der Waals surface area (Å²) in [5, 5.41) is 6.55. The molecule has 1 rings (SSSR count). The maximum atomic E-state index is 11.7. The molecule has 1 fully saturated rings. The molecule has 1 aliphatic rings. The van der Waals surface area contributed by atoms with E-state index in [1.54, 1.807) is 30.8 Å². The van der Waals surface area contributed by atoms with Gasteiger partial charge in [-0.25, -0.2) is 4.99 Å². The zero-order valence-electron chi connectivity index (χ0n) is 15.9. The molecule has 1 saturated carbocycles. The molecule has 148 valence electrons. The first-order valence-electron chi connectivity index (χ1n) is 8.96. The van der Waals surface area contributed by atoms with Crippen LogP contribution in [0.4, 0.5) is 0 Å². The van der Waals surface area contributed by atoms with E-state index in [4.69, 9.17) is 4.74 Å². The molecule has 1 amide bonds. The highest BCUT2D eigenvalue weighted by Crippen LogP contribution is 2.20. The van der Waals surface area contributed by atoms with Gasteiger partial charge in [-0.1, -0.05) is 19.3 Å². The summed E-state index contributed by atoms with van der Waals surface area (Å²) >= 11 is 1.78. The van der Waals surface area contributed by atoms with Crippen LogP contribution in [-0.4, -0.2) is 75.2 Å². The fraction of sp³-hybridized carbons (Fsp3) is 0.882. The first-order chi connectivity index (χ1) is 11.6. The Bertz CT molecular complexity index is 378. The van der Waals surface area contributed by atoms with E-state index in [9.17, 15) is 4.79 Å². The number of carbonyl (C=O) groups excluding carboxylic acids is 1. The molecule has 1 aliphatic carbocycles. The molecule has 8 heteroatoms. The SMILES string of the molecule is CSCCNC(=NCC(=O)N(C)C)NCCCOC1CCCCC1.I. The van der Waals surface area contributed by atoms with E-state index in [0.717, 1.165) is 31.9 Å². The average molecular weight is 486 g/mol. The van der Waals surface area contributed by atoms with Crippen molar-refractivity contribution in [2.45, 2.75) is 44.6 Å². The molecule has 0 unspecified atom stereocenters. The number of aliphatic imine (C=N–C) groups is 1. The third kappa shape index (κ3) is 12.7. The molecule has 25 heavy (non-hydrogen) atoms. The molecule has 0 radical (unpaired) electrons. The summed E-state index contributed by atoms with van der Waals surface area (Å²) in [7, 11) is 3.49. The number of carbonyl (C=O) groups is 1. The molecule has 0 aliphatic heterocycles. The predicted octanol–water partition coefficient (Wildman–Crippen LogP) is 2.33. The van der Waals surface area contributed by atoms with Crippen molar-refractivity contribution in [3.63, 3.8) is 0 Å². The Morgan fingerprint density at radius 1 is 1.20 bits per heavy atom. The van der Waals surface area contributed by atoms with E-state index >= 15 is 0 Å². The molecule has 0 saturated heterocycles. The van der Waals surface area contributed by atoms with Gasteiger partial charge in [0.05, 0.1) is 6.10 Å². The number of halogens is 1. The molecule has 0 heterocycles. The smallest absolute Gasteiger partial charge is 0.243 e. The van der Waals surface area contributed by atoms with Crippen LogP contribution >= 0.6 is 35.7 Å². The lowest BCUT2D eigenvalue weighted by atomic mass is 9.98. The van der Waals surface area contributed by atoms with Crippen molar-refractivity contribution in [2.75, 3.05) is 52.3 Å². The number of nitrogens with one attached hydrogen (secondary N) is 2. The van der Waals surface area contributed by atoms with Crippen LogP contribution < -0.4 is 10.6 Å². The molecule has 0 atom stereocenters. The molecule has 0 aromatic carbocycles. The van der Waals surface area contributed by atoms with Crippen molar-refractivity contribution in [1.29, 1.82) is 0 Å². The Balaban J connectivity index is 0.00000576. The Morgan fingerprint density at radius 2 is 1.88 bits per heavy atom. The van der Waals surface area contributed by atoms with Crippen LogP contribution in [0.1, 0.15) is 38.5 Å². The first kappa shape index (κ1) is 24.8. The number of likely N-dealkylation sites (N-methyl/N-ethyl adjacent to an activating group) is 1. The van der Waals surface area contributed by atoms with Gasteiger partial charge in [0.25, 0.3) is 0 Å². The maximum Gasteiger partial charge on any atom is 0.243 e. The molecule has 0 aromatic rings. The molecule has 2 N–H and O–H groups in total. The highest BCUT2D eigenvalue weighted by atomic mass is 127. The van der Waals surface area contributed by atoms with Crippen molar-refractivity contribution >= 4 is 47.6 Å². The van der Waals surface area contributed by atoms with Crippen LogP contribution in [0.5, 0.6) is 0 Å². The van der Waals surface area contributed by atoms with Crippen molar-refractivity contribution in [3.8, 4) is 0 Å². The number of amides is 1. The third-order valence-corrected chi connectivity index (χ3v) is 4.60. The van der Waals surface area contributed by atoms with Gasteiger partial charge in [-0.15, -0.1) is 24.0 Å². The molecule has 0 spiro atoms. The lowest BCUT2D eigenvalue weighted by molar-refractivity contribution is -0.127. The fourth-order valence-corrected chi connectivity index (χ4v) is 2.80. The van der Waals surface area contributed by atoms with Gasteiger partial charge in [-0.3, -0.25) is 4.79 Å². The van der Waals surface area contributed by atoms with Crippen LogP contribution in [0.15, 0.2) is 4.99 Å². The van der Waals surface area contributed by atoms with Crippen LogP contribution in [0.2, 0.25) is 0 Å². The zero-order chi connectivity index (χ0) is 17.6. The van der Waals surface area contributed by atoms with Gasteiger partial charge in [-0.05, 0) is 25.5 Å². The predicted molar refractivity (Wildman–Crippen MR) is 118 cm³/mol. The second kappa shape index (κ2) is 16.0. The Labute approximate surface area is 174 Å². The summed E-state index contributed by atoms with van der Waals surface area (Å²) in [6, 6.07) is 0. The summed E-state index contributed by atoms with van der Waals surface area (Å²) in [5.41, 5.74) is 0. The van der Waals surface area contributed by atoms with Crippen molar-refractivity contribution in [3.05, 3.63) is 0 Å². The van der Waals surface area contributed by atoms with Gasteiger partial charge in [0.2, 0.25) is 5.91 Å². The second-order valence-electron chi connectivity index (χ2n) is 6.28. The molecule has 6 nitrogen and oxygen atoms in total. The van der Waals surface area contributed by atoms with Crippen molar-refractivity contribution < 1.29 is 9.53 Å². The highest BCUT2D eigenvalue weighted by Gasteiger charge is 2.13. The molecule has 0 aromatic heterocycles. The second-order valence-corrected chi connectivity index (χ2v) is 7.27. The molecule has 0 bridgehead atoms. The largest absolute Gasteiger partial charge is 0.378 e. The summed E-state index contributed by atoms with van der Waals surface area (Å²) < 4.78 is 5.93. The fourth-order valence-electron chi connectivity index (χ4n) is 2.49. The van der Waals surface area contributed by atoms with Gasteiger partial charge >= 0.3 is 0 Å². The zero-order valence-corrected chi connectivity index (χ0v) is 19.0. The lowest BCUT2D eigenvalue weighted by Gasteiger charge is -2.22. The minimum absolute atomic E-state index is 0. The lowest BCUT2D eigenvalue weighted by Crippen LogP contribution is -2.40. The van der Waals surface area contributed by atoms with Crippen LogP contribution in [0.3, 0.4) is 0 Å². The van der Waals surface area contributed by atoms with Gasteiger partial charge in [0.15, 0.2) is 5.96 Å². The first-order valence-corrected chi connectivity index (χ1v) is 10.4. The number of rotatable bonds is 10. The minimum atomic E-state index is 0. The number of ether oxygens (including phenoxy) is 1. The van der Waals surface area contributed by atoms with Gasteiger partial charge in [0, 0.05) is 39.5 Å². The van der Waals surface area contributed by atoms with E-state index in [1.807, 2.05) is 0 Å². The van der Waals surface area contributed by atoms with Crippen molar-refractivity contribution in [1.82, 2.24) is 15.5 Å². The number of thioether (sulfide) groups is 1. The Morgan fingerprint density at radius 3 is 2.52 bits per heavy atom. The minimum Gasteiger partial charge on any atom is -0.378 e. The van der Waals surface area contributed by atoms with E-state index in [1.165, 1.54) is 32.1 Å². The highest BCUT2D eigenvalue weighted by molar-refractivity contribution is 14.0. The summed E-state index contributed by atoms with van der Waals surface area (Å²) in [4.78, 5) is 17.6. The van der Waals surface area contributed by atoms with E-state index in [-0.39, 0.29) is 36.4 Å². The monoisotopic (exact) mass is 486 g/mol. The van der Waals surface area contributed by atoms with Crippen LogP contribution in [0.25, 0.3) is 0 Å². The van der Waals surface area contributed by atoms with Crippen LogP contribution in [-0.2, 0) is 9.53 Å². The summed E-state index contributed by atoms with van der Waals surface area (Å²) in [6.45, 7) is 2.59. The number of nitrogens with zero attached hydrogens (tertiary/aromatic N) is 2. The van der Waals surface area contributed by atoms with Crippen LogP contribution in [0, 0.1) is 0 Å². The topological polar surface area (TPSA) is 66.0 Å². The number of hydrogen-bond acceptors (Lipinski definition) is 4. The van der Waals surface area contributed by atoms with Gasteiger partial charge < -0.3 is 20.3 Å². The summed E-state index contributed by atoms with van der Waals surface area (Å²) in [5.74, 6) is 1.71. The standard InChI is InChI=1S/C17H34N4O2S.HI/c1-21(2)16(22)14-20-17(19-11-13-24-3)18-10-7-12-23-15-8-5-4-6-9-15;/h15H,4-14H2,1-3H3,(H2,18,19,20);1H. The Hall–Kier alpha value is -0.220. The molecular weight excluding hydrogens is 451 g/mol. The number of hydrogen-bond donors (Lipinski definition) is 2. The van der Waals surface area contributed by atoms with Crippen molar-refractivity contribution in [2.24, 2.45) is 4.99 Å². The Kier molecular flexibility index (Phi) is 15.8. The maximum absolute atomic E-state index is 11.7. The van der Waals surface area contributed by atoms with Gasteiger partial charge in [0.1, 0.15) is 6.54 Å². The average Bonchev–Trinajstić information content (AvgIpc) is 2.59. The third-order valence-electron chi connectivity index (χ3n) is 3.99. The number of guanidine groups is 1.